The Morgan fingerprint density at radius 1 is 1.44 bits per heavy atom. The first kappa shape index (κ1) is 12.9. The van der Waals surface area contributed by atoms with Gasteiger partial charge in [-0.3, -0.25) is 0 Å². The maximum atomic E-state index is 5.67. The van der Waals surface area contributed by atoms with Crippen LogP contribution in [-0.2, 0) is 11.3 Å². The molecule has 0 saturated carbocycles. The zero-order chi connectivity index (χ0) is 11.8. The van der Waals surface area contributed by atoms with Gasteiger partial charge in [-0.1, -0.05) is 0 Å². The summed E-state index contributed by atoms with van der Waals surface area (Å²) in [4.78, 5) is 2.13. The van der Waals surface area contributed by atoms with Gasteiger partial charge < -0.3 is 15.4 Å². The Balaban J connectivity index is 2.69. The minimum Gasteiger partial charge on any atom is -0.380 e. The van der Waals surface area contributed by atoms with E-state index in [1.165, 1.54) is 0 Å². The van der Waals surface area contributed by atoms with Gasteiger partial charge in [0.2, 0.25) is 0 Å². The molecule has 0 saturated heterocycles. The van der Waals surface area contributed by atoms with Crippen molar-refractivity contribution in [1.29, 1.82) is 0 Å². The van der Waals surface area contributed by atoms with Gasteiger partial charge in [-0.15, -0.1) is 5.10 Å². The predicted octanol–water partition coefficient (Wildman–Crippen LogP) is 0.798. The summed E-state index contributed by atoms with van der Waals surface area (Å²) in [6.45, 7) is 7.68. The summed E-state index contributed by atoms with van der Waals surface area (Å²) in [5, 5.41) is 8.04. The second kappa shape index (κ2) is 7.14. The van der Waals surface area contributed by atoms with Gasteiger partial charge in [-0.2, -0.15) is 5.10 Å². The fourth-order valence-corrected chi connectivity index (χ4v) is 1.51. The van der Waals surface area contributed by atoms with Gasteiger partial charge in [-0.05, 0) is 19.9 Å². The number of aromatic nitrogens is 2. The molecule has 1 rings (SSSR count). The van der Waals surface area contributed by atoms with Crippen molar-refractivity contribution in [3.8, 4) is 0 Å². The number of likely N-dealkylation sites (N-methyl/N-ethyl adjacent to an activating group) is 1. The summed E-state index contributed by atoms with van der Waals surface area (Å²) in [6.07, 6.45) is 1.67. The van der Waals surface area contributed by atoms with Crippen molar-refractivity contribution >= 4 is 5.82 Å². The van der Waals surface area contributed by atoms with E-state index in [9.17, 15) is 0 Å². The summed E-state index contributed by atoms with van der Waals surface area (Å²) in [5.41, 5.74) is 6.69. The van der Waals surface area contributed by atoms with Crippen LogP contribution in [0.15, 0.2) is 12.3 Å². The average Bonchev–Trinajstić information content (AvgIpc) is 2.35. The van der Waals surface area contributed by atoms with Gasteiger partial charge in [0.1, 0.15) is 0 Å². The molecule has 0 atom stereocenters. The Kier molecular flexibility index (Phi) is 5.74. The Labute approximate surface area is 96.6 Å². The molecule has 0 aliphatic rings. The van der Waals surface area contributed by atoms with Crippen molar-refractivity contribution in [2.75, 3.05) is 31.2 Å². The molecule has 0 aromatic carbocycles. The summed E-state index contributed by atoms with van der Waals surface area (Å²) in [7, 11) is 0. The third kappa shape index (κ3) is 3.43. The van der Waals surface area contributed by atoms with Crippen molar-refractivity contribution in [3.63, 3.8) is 0 Å². The fourth-order valence-electron chi connectivity index (χ4n) is 1.51. The summed E-state index contributed by atoms with van der Waals surface area (Å²) < 4.78 is 5.34. The monoisotopic (exact) mass is 224 g/mol. The first-order valence-corrected chi connectivity index (χ1v) is 5.66. The van der Waals surface area contributed by atoms with Gasteiger partial charge in [0.15, 0.2) is 5.82 Å². The van der Waals surface area contributed by atoms with Gasteiger partial charge in [0.05, 0.1) is 12.8 Å². The maximum absolute atomic E-state index is 5.67. The molecule has 1 aromatic heterocycles. The first-order valence-electron chi connectivity index (χ1n) is 5.66. The molecule has 2 N–H and O–H groups in total. The quantitative estimate of drug-likeness (QED) is 0.694. The van der Waals surface area contributed by atoms with Crippen LogP contribution >= 0.6 is 0 Å². The molecule has 1 aromatic rings. The van der Waals surface area contributed by atoms with E-state index < -0.39 is 0 Å². The fraction of sp³-hybridized carbons (Fsp3) is 0.636. The smallest absolute Gasteiger partial charge is 0.155 e. The summed E-state index contributed by atoms with van der Waals surface area (Å²) >= 11 is 0. The SMILES string of the molecule is CCOCCN(CC)c1nnccc1CN. The highest BCUT2D eigenvalue weighted by atomic mass is 16.5. The van der Waals surface area contributed by atoms with Gasteiger partial charge in [0.25, 0.3) is 0 Å². The highest BCUT2D eigenvalue weighted by Gasteiger charge is 2.10. The highest BCUT2D eigenvalue weighted by molar-refractivity contribution is 5.45. The molecule has 0 aliphatic carbocycles. The minimum atomic E-state index is 0.482. The van der Waals surface area contributed by atoms with E-state index in [4.69, 9.17) is 10.5 Å². The molecule has 0 radical (unpaired) electrons. The molecule has 0 fully saturated rings. The summed E-state index contributed by atoms with van der Waals surface area (Å²) in [5.74, 6) is 0.868. The van der Waals surface area contributed by atoms with Crippen molar-refractivity contribution in [2.24, 2.45) is 5.73 Å². The van der Waals surface area contributed by atoms with Gasteiger partial charge in [-0.25, -0.2) is 0 Å². The van der Waals surface area contributed by atoms with Crippen LogP contribution < -0.4 is 10.6 Å². The number of nitrogens with zero attached hydrogens (tertiary/aromatic N) is 3. The van der Waals surface area contributed by atoms with Crippen LogP contribution in [0.4, 0.5) is 5.82 Å². The van der Waals surface area contributed by atoms with E-state index in [0.29, 0.717) is 13.2 Å². The van der Waals surface area contributed by atoms with Crippen LogP contribution in [0.2, 0.25) is 0 Å². The topological polar surface area (TPSA) is 64.3 Å². The van der Waals surface area contributed by atoms with E-state index >= 15 is 0 Å². The van der Waals surface area contributed by atoms with Gasteiger partial charge >= 0.3 is 0 Å². The van der Waals surface area contributed by atoms with Crippen molar-refractivity contribution in [2.45, 2.75) is 20.4 Å². The van der Waals surface area contributed by atoms with Crippen molar-refractivity contribution in [3.05, 3.63) is 17.8 Å². The standard InChI is InChI=1S/C11H20N4O/c1-3-15(7-8-16-4-2)11-10(9-12)5-6-13-14-11/h5-6H,3-4,7-9,12H2,1-2H3. The van der Waals surface area contributed by atoms with Crippen LogP contribution in [-0.4, -0.2) is 36.5 Å². The van der Waals surface area contributed by atoms with E-state index in [0.717, 1.165) is 31.1 Å². The molecule has 1 heterocycles. The van der Waals surface area contributed by atoms with E-state index in [-0.39, 0.29) is 0 Å². The van der Waals surface area contributed by atoms with Crippen LogP contribution in [0.3, 0.4) is 0 Å². The largest absolute Gasteiger partial charge is 0.380 e. The molecule has 16 heavy (non-hydrogen) atoms. The Hall–Kier alpha value is -1.20. The van der Waals surface area contributed by atoms with Crippen LogP contribution in [0.25, 0.3) is 0 Å². The number of ether oxygens (including phenoxy) is 1. The summed E-state index contributed by atoms with van der Waals surface area (Å²) in [6, 6.07) is 1.91. The molecule has 0 bridgehead atoms. The lowest BCUT2D eigenvalue weighted by molar-refractivity contribution is 0.154. The molecular formula is C11H20N4O. The third-order valence-electron chi connectivity index (χ3n) is 2.39. The van der Waals surface area contributed by atoms with Gasteiger partial charge in [0, 0.05) is 31.8 Å². The van der Waals surface area contributed by atoms with E-state index in [1.54, 1.807) is 6.20 Å². The third-order valence-corrected chi connectivity index (χ3v) is 2.39. The number of nitrogens with two attached hydrogens (primary N) is 1. The van der Waals surface area contributed by atoms with Crippen LogP contribution in [0, 0.1) is 0 Å². The van der Waals surface area contributed by atoms with Crippen LogP contribution in [0.5, 0.6) is 0 Å². The second-order valence-corrected chi connectivity index (χ2v) is 3.36. The first-order chi connectivity index (χ1) is 7.83. The number of anilines is 1. The molecule has 0 aliphatic heterocycles. The number of hydrogen-bond acceptors (Lipinski definition) is 5. The van der Waals surface area contributed by atoms with Crippen molar-refractivity contribution < 1.29 is 4.74 Å². The molecule has 5 heteroatoms. The lowest BCUT2D eigenvalue weighted by Crippen LogP contribution is -2.29. The van der Waals surface area contributed by atoms with Crippen molar-refractivity contribution in [1.82, 2.24) is 10.2 Å². The average molecular weight is 224 g/mol. The number of rotatable bonds is 7. The number of hydrogen-bond donors (Lipinski definition) is 1. The predicted molar refractivity (Wildman–Crippen MR) is 64.3 cm³/mol. The molecule has 0 amide bonds. The molecule has 90 valence electrons. The van der Waals surface area contributed by atoms with E-state index in [2.05, 4.69) is 22.0 Å². The lowest BCUT2D eigenvalue weighted by atomic mass is 10.2. The molecule has 0 unspecified atom stereocenters. The Morgan fingerprint density at radius 3 is 2.88 bits per heavy atom. The lowest BCUT2D eigenvalue weighted by Gasteiger charge is -2.23. The second-order valence-electron chi connectivity index (χ2n) is 3.36. The highest BCUT2D eigenvalue weighted by Crippen LogP contribution is 2.14. The maximum Gasteiger partial charge on any atom is 0.155 e. The Morgan fingerprint density at radius 2 is 2.25 bits per heavy atom. The molecule has 0 spiro atoms. The zero-order valence-corrected chi connectivity index (χ0v) is 10.0. The Bertz CT molecular complexity index is 306. The minimum absolute atomic E-state index is 0.482. The normalized spacial score (nSPS) is 10.4. The van der Waals surface area contributed by atoms with Crippen LogP contribution in [0.1, 0.15) is 19.4 Å². The molecular weight excluding hydrogens is 204 g/mol. The molecule has 5 nitrogen and oxygen atoms in total. The zero-order valence-electron chi connectivity index (χ0n) is 10.0. The van der Waals surface area contributed by atoms with E-state index in [1.807, 2.05) is 13.0 Å².